The van der Waals surface area contributed by atoms with Crippen LogP contribution in [0.2, 0.25) is 0 Å². The van der Waals surface area contributed by atoms with E-state index in [-0.39, 0.29) is 0 Å². The number of nitrogens with zero attached hydrogens (tertiary/aromatic N) is 2. The lowest BCUT2D eigenvalue weighted by Gasteiger charge is -2.06. The number of hydrogen-bond donors (Lipinski definition) is 1. The van der Waals surface area contributed by atoms with Gasteiger partial charge in [0.15, 0.2) is 0 Å². The molecule has 0 unspecified atom stereocenters. The molecule has 0 radical (unpaired) electrons. The Morgan fingerprint density at radius 1 is 1.58 bits per heavy atom. The molecule has 0 aromatic carbocycles. The van der Waals surface area contributed by atoms with Crippen molar-refractivity contribution in [1.82, 2.24) is 4.98 Å². The zero-order valence-corrected chi connectivity index (χ0v) is 7.63. The first-order chi connectivity index (χ1) is 5.79. The standard InChI is InChI=1S/C9H13N3/c1-7-4-5-12-8(6-10-2)9(7)11-3/h4-6,11H,1-3H3. The summed E-state index contributed by atoms with van der Waals surface area (Å²) in [6.45, 7) is 2.04. The van der Waals surface area contributed by atoms with Gasteiger partial charge in [0.2, 0.25) is 0 Å². The van der Waals surface area contributed by atoms with Crippen molar-refractivity contribution in [3.8, 4) is 0 Å². The highest BCUT2D eigenvalue weighted by Crippen LogP contribution is 2.15. The summed E-state index contributed by atoms with van der Waals surface area (Å²) in [5.74, 6) is 0. The first kappa shape index (κ1) is 8.71. The van der Waals surface area contributed by atoms with Crippen molar-refractivity contribution in [2.75, 3.05) is 19.4 Å². The van der Waals surface area contributed by atoms with E-state index in [1.54, 1.807) is 19.5 Å². The second-order valence-corrected chi connectivity index (χ2v) is 2.53. The highest BCUT2D eigenvalue weighted by Gasteiger charge is 2.01. The van der Waals surface area contributed by atoms with Crippen LogP contribution in [0.3, 0.4) is 0 Å². The van der Waals surface area contributed by atoms with E-state index in [0.29, 0.717) is 0 Å². The topological polar surface area (TPSA) is 37.3 Å². The molecule has 0 saturated heterocycles. The Hall–Kier alpha value is -1.38. The first-order valence-corrected chi connectivity index (χ1v) is 3.85. The molecule has 64 valence electrons. The molecule has 0 aliphatic rings. The molecule has 0 amide bonds. The molecule has 0 saturated carbocycles. The largest absolute Gasteiger partial charge is 0.386 e. The van der Waals surface area contributed by atoms with Gasteiger partial charge in [-0.3, -0.25) is 9.98 Å². The van der Waals surface area contributed by atoms with Gasteiger partial charge in [-0.05, 0) is 18.6 Å². The minimum atomic E-state index is 0.889. The molecule has 12 heavy (non-hydrogen) atoms. The number of hydrogen-bond acceptors (Lipinski definition) is 3. The second-order valence-electron chi connectivity index (χ2n) is 2.53. The number of aliphatic imine (C=N–C) groups is 1. The van der Waals surface area contributed by atoms with Crippen LogP contribution in [0, 0.1) is 6.92 Å². The summed E-state index contributed by atoms with van der Waals surface area (Å²) in [4.78, 5) is 8.12. The molecule has 1 heterocycles. The average Bonchev–Trinajstić information content (AvgIpc) is 2.05. The predicted octanol–water partition coefficient (Wildman–Crippen LogP) is 1.48. The quantitative estimate of drug-likeness (QED) is 0.670. The van der Waals surface area contributed by atoms with Gasteiger partial charge < -0.3 is 5.32 Å². The molecule has 3 nitrogen and oxygen atoms in total. The lowest BCUT2D eigenvalue weighted by molar-refractivity contribution is 1.24. The molecule has 1 aromatic heterocycles. The summed E-state index contributed by atoms with van der Waals surface area (Å²) >= 11 is 0. The minimum Gasteiger partial charge on any atom is -0.386 e. The average molecular weight is 163 g/mol. The number of anilines is 1. The zero-order valence-electron chi connectivity index (χ0n) is 7.63. The van der Waals surface area contributed by atoms with E-state index >= 15 is 0 Å². The lowest BCUT2D eigenvalue weighted by atomic mass is 10.2. The molecular weight excluding hydrogens is 150 g/mol. The SMILES string of the molecule is CN=Cc1nccc(C)c1NC. The monoisotopic (exact) mass is 163 g/mol. The minimum absolute atomic E-state index is 0.889. The maximum Gasteiger partial charge on any atom is 0.104 e. The van der Waals surface area contributed by atoms with E-state index in [2.05, 4.69) is 15.3 Å². The summed E-state index contributed by atoms with van der Waals surface area (Å²) in [5.41, 5.74) is 3.12. The maximum absolute atomic E-state index is 4.19. The molecule has 1 N–H and O–H groups in total. The fourth-order valence-electron chi connectivity index (χ4n) is 1.12. The zero-order chi connectivity index (χ0) is 8.97. The summed E-state index contributed by atoms with van der Waals surface area (Å²) in [5, 5.41) is 3.09. The molecule has 3 heteroatoms. The number of aromatic nitrogens is 1. The fourth-order valence-corrected chi connectivity index (χ4v) is 1.12. The van der Waals surface area contributed by atoms with Gasteiger partial charge in [0.25, 0.3) is 0 Å². The van der Waals surface area contributed by atoms with Crippen molar-refractivity contribution in [1.29, 1.82) is 0 Å². The molecule has 0 aliphatic carbocycles. The Morgan fingerprint density at radius 2 is 2.33 bits per heavy atom. The van der Waals surface area contributed by atoms with Crippen molar-refractivity contribution in [3.63, 3.8) is 0 Å². The van der Waals surface area contributed by atoms with Crippen molar-refractivity contribution in [3.05, 3.63) is 23.5 Å². The Kier molecular flexibility index (Phi) is 2.80. The Bertz CT molecular complexity index is 292. The normalized spacial score (nSPS) is 10.6. The predicted molar refractivity (Wildman–Crippen MR) is 52.0 cm³/mol. The van der Waals surface area contributed by atoms with Crippen LogP contribution in [-0.2, 0) is 0 Å². The Morgan fingerprint density at radius 3 is 2.92 bits per heavy atom. The van der Waals surface area contributed by atoms with Gasteiger partial charge >= 0.3 is 0 Å². The third-order valence-corrected chi connectivity index (χ3v) is 1.69. The van der Waals surface area contributed by atoms with Crippen LogP contribution in [0.15, 0.2) is 17.3 Å². The van der Waals surface area contributed by atoms with Crippen LogP contribution >= 0.6 is 0 Å². The van der Waals surface area contributed by atoms with Crippen molar-refractivity contribution < 1.29 is 0 Å². The molecule has 0 bridgehead atoms. The Balaban J connectivity index is 3.18. The molecule has 1 rings (SSSR count). The van der Waals surface area contributed by atoms with Crippen LogP contribution < -0.4 is 5.32 Å². The van der Waals surface area contributed by atoms with E-state index in [0.717, 1.165) is 11.4 Å². The van der Waals surface area contributed by atoms with Gasteiger partial charge in [-0.2, -0.15) is 0 Å². The number of pyridine rings is 1. The van der Waals surface area contributed by atoms with E-state index in [1.807, 2.05) is 20.0 Å². The van der Waals surface area contributed by atoms with E-state index in [4.69, 9.17) is 0 Å². The van der Waals surface area contributed by atoms with Crippen LogP contribution in [-0.4, -0.2) is 25.3 Å². The van der Waals surface area contributed by atoms with Gasteiger partial charge in [0, 0.05) is 26.5 Å². The lowest BCUT2D eigenvalue weighted by Crippen LogP contribution is -1.99. The van der Waals surface area contributed by atoms with Crippen LogP contribution in [0.1, 0.15) is 11.3 Å². The van der Waals surface area contributed by atoms with Crippen LogP contribution in [0.5, 0.6) is 0 Å². The number of aryl methyl sites for hydroxylation is 1. The maximum atomic E-state index is 4.19. The third kappa shape index (κ3) is 1.61. The first-order valence-electron chi connectivity index (χ1n) is 3.85. The van der Waals surface area contributed by atoms with Crippen molar-refractivity contribution in [2.45, 2.75) is 6.92 Å². The molecule has 0 fully saturated rings. The van der Waals surface area contributed by atoms with Gasteiger partial charge in [0.1, 0.15) is 5.69 Å². The molecule has 0 spiro atoms. The third-order valence-electron chi connectivity index (χ3n) is 1.69. The number of rotatable bonds is 2. The van der Waals surface area contributed by atoms with Crippen LogP contribution in [0.4, 0.5) is 5.69 Å². The van der Waals surface area contributed by atoms with E-state index in [9.17, 15) is 0 Å². The molecule has 0 aliphatic heterocycles. The molecule has 0 atom stereocenters. The summed E-state index contributed by atoms with van der Waals surface area (Å²) in [6, 6.07) is 1.97. The molecular formula is C9H13N3. The summed E-state index contributed by atoms with van der Waals surface area (Å²) in [6.07, 6.45) is 3.53. The van der Waals surface area contributed by atoms with Gasteiger partial charge in [0.05, 0.1) is 5.69 Å². The Labute approximate surface area is 72.6 Å². The summed E-state index contributed by atoms with van der Waals surface area (Å²) < 4.78 is 0. The highest BCUT2D eigenvalue weighted by molar-refractivity contribution is 5.86. The summed E-state index contributed by atoms with van der Waals surface area (Å²) in [7, 11) is 3.63. The van der Waals surface area contributed by atoms with Crippen molar-refractivity contribution >= 4 is 11.9 Å². The van der Waals surface area contributed by atoms with Gasteiger partial charge in [-0.1, -0.05) is 0 Å². The van der Waals surface area contributed by atoms with Gasteiger partial charge in [-0.25, -0.2) is 0 Å². The van der Waals surface area contributed by atoms with Crippen LogP contribution in [0.25, 0.3) is 0 Å². The van der Waals surface area contributed by atoms with E-state index in [1.165, 1.54) is 5.56 Å². The second kappa shape index (κ2) is 3.85. The van der Waals surface area contributed by atoms with Gasteiger partial charge in [-0.15, -0.1) is 0 Å². The van der Waals surface area contributed by atoms with Crippen molar-refractivity contribution in [2.24, 2.45) is 4.99 Å². The number of nitrogens with one attached hydrogen (secondary N) is 1. The highest BCUT2D eigenvalue weighted by atomic mass is 14.9. The van der Waals surface area contributed by atoms with E-state index < -0.39 is 0 Å². The smallest absolute Gasteiger partial charge is 0.104 e. The molecule has 1 aromatic rings. The fraction of sp³-hybridized carbons (Fsp3) is 0.333.